The van der Waals surface area contributed by atoms with E-state index in [2.05, 4.69) is 24.4 Å². The van der Waals surface area contributed by atoms with Gasteiger partial charge in [0.15, 0.2) is 0 Å². The van der Waals surface area contributed by atoms with Crippen molar-refractivity contribution in [3.8, 4) is 0 Å². The number of ether oxygens (including phenoxy) is 1. The Morgan fingerprint density at radius 2 is 2.04 bits per heavy atom. The summed E-state index contributed by atoms with van der Waals surface area (Å²) in [5.41, 5.74) is -0.419. The zero-order chi connectivity index (χ0) is 16.9. The van der Waals surface area contributed by atoms with Crippen molar-refractivity contribution >= 4 is 17.4 Å². The minimum Gasteiger partial charge on any atom is -0.444 e. The first-order chi connectivity index (χ1) is 10.9. The summed E-state index contributed by atoms with van der Waals surface area (Å²) in [7, 11) is 0. The van der Waals surface area contributed by atoms with Crippen molar-refractivity contribution < 1.29 is 9.53 Å². The molecule has 2 rings (SSSR count). The van der Waals surface area contributed by atoms with Gasteiger partial charge in [-0.2, -0.15) is 0 Å². The molecule has 1 amide bonds. The number of aryl methyl sites for hydroxylation is 1. The average Bonchev–Trinajstić information content (AvgIpc) is 2.80. The molecule has 1 fully saturated rings. The van der Waals surface area contributed by atoms with E-state index in [1.807, 2.05) is 37.0 Å². The number of carbonyl (C=O) groups is 1. The Labute approximate surface area is 144 Å². The maximum atomic E-state index is 12.2. The fourth-order valence-corrected chi connectivity index (χ4v) is 3.67. The van der Waals surface area contributed by atoms with Gasteiger partial charge >= 0.3 is 6.09 Å². The molecular formula is C18H30N2O2S. The number of likely N-dealkylation sites (tertiary alicyclic amines) is 1. The van der Waals surface area contributed by atoms with Crippen LogP contribution in [0, 0.1) is 0 Å². The summed E-state index contributed by atoms with van der Waals surface area (Å²) in [5.74, 6) is 0. The predicted octanol–water partition coefficient (Wildman–Crippen LogP) is 4.19. The van der Waals surface area contributed by atoms with Crippen molar-refractivity contribution in [1.82, 2.24) is 10.2 Å². The van der Waals surface area contributed by atoms with Crippen LogP contribution in [0.25, 0.3) is 0 Å². The van der Waals surface area contributed by atoms with E-state index >= 15 is 0 Å². The van der Waals surface area contributed by atoms with Crippen LogP contribution in [0.5, 0.6) is 0 Å². The Morgan fingerprint density at radius 3 is 2.70 bits per heavy atom. The van der Waals surface area contributed by atoms with Crippen LogP contribution in [0.2, 0.25) is 0 Å². The smallest absolute Gasteiger partial charge is 0.410 e. The SMILES string of the molecule is CCc1ccc(CNC2CCCN(C(=O)OC(C)(C)C)CC2)s1. The van der Waals surface area contributed by atoms with Gasteiger partial charge in [0.05, 0.1) is 0 Å². The van der Waals surface area contributed by atoms with Gasteiger partial charge in [-0.1, -0.05) is 6.92 Å². The first-order valence-electron chi connectivity index (χ1n) is 8.66. The number of carbonyl (C=O) groups excluding carboxylic acids is 1. The van der Waals surface area contributed by atoms with E-state index in [9.17, 15) is 4.79 Å². The molecule has 1 N–H and O–H groups in total. The monoisotopic (exact) mass is 338 g/mol. The van der Waals surface area contributed by atoms with Gasteiger partial charge in [-0.05, 0) is 58.6 Å². The Bertz CT molecular complexity index is 507. The second-order valence-electron chi connectivity index (χ2n) is 7.20. The van der Waals surface area contributed by atoms with Gasteiger partial charge in [0.1, 0.15) is 5.60 Å². The summed E-state index contributed by atoms with van der Waals surface area (Å²) in [6.07, 6.45) is 4.07. The van der Waals surface area contributed by atoms with E-state index in [1.165, 1.54) is 9.75 Å². The lowest BCUT2D eigenvalue weighted by molar-refractivity contribution is 0.0256. The molecule has 1 atom stereocenters. The number of thiophene rings is 1. The van der Waals surface area contributed by atoms with Gasteiger partial charge in [0, 0.05) is 35.4 Å². The Morgan fingerprint density at radius 1 is 1.30 bits per heavy atom. The van der Waals surface area contributed by atoms with Crippen molar-refractivity contribution in [3.05, 3.63) is 21.9 Å². The number of hydrogen-bond donors (Lipinski definition) is 1. The summed E-state index contributed by atoms with van der Waals surface area (Å²) in [5, 5.41) is 3.65. The van der Waals surface area contributed by atoms with Crippen molar-refractivity contribution in [2.24, 2.45) is 0 Å². The summed E-state index contributed by atoms with van der Waals surface area (Å²) in [6, 6.07) is 4.92. The molecule has 2 heterocycles. The molecule has 0 spiro atoms. The second kappa shape index (κ2) is 8.15. The molecule has 0 saturated carbocycles. The molecule has 1 aromatic rings. The Kier molecular flexibility index (Phi) is 6.48. The average molecular weight is 339 g/mol. The number of rotatable bonds is 4. The van der Waals surface area contributed by atoms with E-state index in [-0.39, 0.29) is 6.09 Å². The molecule has 4 nitrogen and oxygen atoms in total. The highest BCUT2D eigenvalue weighted by Gasteiger charge is 2.25. The topological polar surface area (TPSA) is 41.6 Å². The maximum Gasteiger partial charge on any atom is 0.410 e. The van der Waals surface area contributed by atoms with Crippen LogP contribution in [0.4, 0.5) is 4.79 Å². The molecular weight excluding hydrogens is 308 g/mol. The second-order valence-corrected chi connectivity index (χ2v) is 8.45. The third-order valence-electron chi connectivity index (χ3n) is 4.01. The lowest BCUT2D eigenvalue weighted by Crippen LogP contribution is -2.38. The minimum atomic E-state index is -0.419. The van der Waals surface area contributed by atoms with Crippen molar-refractivity contribution in [2.45, 2.75) is 71.6 Å². The molecule has 130 valence electrons. The molecule has 0 radical (unpaired) electrons. The normalized spacial score (nSPS) is 19.5. The molecule has 1 aliphatic rings. The zero-order valence-electron chi connectivity index (χ0n) is 14.9. The molecule has 0 aromatic carbocycles. The summed E-state index contributed by atoms with van der Waals surface area (Å²) < 4.78 is 5.48. The van der Waals surface area contributed by atoms with Gasteiger partial charge in [0.2, 0.25) is 0 Å². The van der Waals surface area contributed by atoms with Crippen LogP contribution >= 0.6 is 11.3 Å². The fraction of sp³-hybridized carbons (Fsp3) is 0.722. The van der Waals surface area contributed by atoms with E-state index in [0.717, 1.165) is 45.3 Å². The third-order valence-corrected chi connectivity index (χ3v) is 5.24. The standard InChI is InChI=1S/C18H30N2O2S/c1-5-15-8-9-16(23-15)13-19-14-7-6-11-20(12-10-14)17(21)22-18(2,3)4/h8-9,14,19H,5-7,10-13H2,1-4H3. The number of hydrogen-bond acceptors (Lipinski definition) is 4. The Hall–Kier alpha value is -1.07. The molecule has 5 heteroatoms. The number of nitrogens with one attached hydrogen (secondary N) is 1. The van der Waals surface area contributed by atoms with Crippen LogP contribution in [-0.2, 0) is 17.7 Å². The van der Waals surface area contributed by atoms with Gasteiger partial charge in [0.25, 0.3) is 0 Å². The first-order valence-corrected chi connectivity index (χ1v) is 9.48. The Balaban J connectivity index is 1.78. The van der Waals surface area contributed by atoms with E-state index in [1.54, 1.807) is 0 Å². The van der Waals surface area contributed by atoms with Crippen LogP contribution in [0.3, 0.4) is 0 Å². The van der Waals surface area contributed by atoms with Gasteiger partial charge < -0.3 is 15.0 Å². The number of amides is 1. The van der Waals surface area contributed by atoms with Crippen molar-refractivity contribution in [2.75, 3.05) is 13.1 Å². The summed E-state index contributed by atoms with van der Waals surface area (Å²) in [6.45, 7) is 10.4. The van der Waals surface area contributed by atoms with E-state index in [4.69, 9.17) is 4.74 Å². The van der Waals surface area contributed by atoms with E-state index in [0.29, 0.717) is 6.04 Å². The highest BCUT2D eigenvalue weighted by atomic mass is 32.1. The van der Waals surface area contributed by atoms with Gasteiger partial charge in [-0.3, -0.25) is 0 Å². The lowest BCUT2D eigenvalue weighted by atomic mass is 10.1. The van der Waals surface area contributed by atoms with Gasteiger partial charge in [-0.25, -0.2) is 4.79 Å². The summed E-state index contributed by atoms with van der Waals surface area (Å²) in [4.78, 5) is 16.9. The fourth-order valence-electron chi connectivity index (χ4n) is 2.76. The van der Waals surface area contributed by atoms with Crippen molar-refractivity contribution in [3.63, 3.8) is 0 Å². The largest absolute Gasteiger partial charge is 0.444 e. The zero-order valence-corrected chi connectivity index (χ0v) is 15.7. The molecule has 1 unspecified atom stereocenters. The van der Waals surface area contributed by atoms with Gasteiger partial charge in [-0.15, -0.1) is 11.3 Å². The summed E-state index contributed by atoms with van der Waals surface area (Å²) >= 11 is 1.89. The van der Waals surface area contributed by atoms with Crippen molar-refractivity contribution in [1.29, 1.82) is 0 Å². The maximum absolute atomic E-state index is 12.2. The first kappa shape index (κ1) is 18.3. The molecule has 1 aromatic heterocycles. The predicted molar refractivity (Wildman–Crippen MR) is 96.0 cm³/mol. The molecule has 0 aliphatic carbocycles. The molecule has 23 heavy (non-hydrogen) atoms. The lowest BCUT2D eigenvalue weighted by Gasteiger charge is -2.26. The highest BCUT2D eigenvalue weighted by molar-refractivity contribution is 7.11. The molecule has 1 aliphatic heterocycles. The van der Waals surface area contributed by atoms with Crippen LogP contribution in [0.1, 0.15) is 56.7 Å². The number of nitrogens with zero attached hydrogens (tertiary/aromatic N) is 1. The molecule has 0 bridgehead atoms. The van der Waals surface area contributed by atoms with Crippen LogP contribution in [0.15, 0.2) is 12.1 Å². The molecule has 1 saturated heterocycles. The highest BCUT2D eigenvalue weighted by Crippen LogP contribution is 2.19. The quantitative estimate of drug-likeness (QED) is 0.895. The minimum absolute atomic E-state index is 0.177. The van der Waals surface area contributed by atoms with Crippen LogP contribution in [-0.4, -0.2) is 35.7 Å². The third kappa shape index (κ3) is 6.15. The van der Waals surface area contributed by atoms with E-state index < -0.39 is 5.60 Å². The van der Waals surface area contributed by atoms with Crippen LogP contribution < -0.4 is 5.32 Å².